The number of hydrogen-bond donors (Lipinski definition) is 0. The maximum atomic E-state index is 5.07. The van der Waals surface area contributed by atoms with Crippen LogP contribution in [-0.2, 0) is 0 Å². The number of aromatic nitrogens is 2. The molecular formula is C40H30N4. The first kappa shape index (κ1) is 25.1. The molecule has 0 amide bonds. The summed E-state index contributed by atoms with van der Waals surface area (Å²) in [5.74, 6) is 1.05. The SMILES string of the molecule is c1ccc2c(c#1)C1C3=C(CCC=C3)N(C3=CCCC(c4ccccn4)=C3)c3ccccc3C1N2c1cc2ccccc2cn1. The standard InChI is InChI=1S/C40H30N4/c1-2-13-29-26-42-38(25-27(29)12-1)44-36-21-7-4-17-32(36)39-31-16-3-6-20-35(31)43(37-22-8-5-18-33(37)40(39)44)30-15-11-14-28(24-30)34-19-9-10-23-41-34/h1-3,5,7-10,12-13,15-16,18-19,21-26,39-40H,6,11,14,20H2. The molecule has 4 heterocycles. The van der Waals surface area contributed by atoms with Gasteiger partial charge < -0.3 is 9.80 Å². The third-order valence-electron chi connectivity index (χ3n) is 9.46. The molecule has 0 spiro atoms. The number of fused-ring (bicyclic) bond motifs is 7. The molecule has 9 rings (SSSR count). The molecule has 210 valence electrons. The van der Waals surface area contributed by atoms with E-state index in [-0.39, 0.29) is 12.0 Å². The molecule has 3 aromatic carbocycles. The molecule has 2 unspecified atom stereocenters. The van der Waals surface area contributed by atoms with Crippen molar-refractivity contribution >= 4 is 33.5 Å². The summed E-state index contributed by atoms with van der Waals surface area (Å²) in [6.07, 6.45) is 17.4. The topological polar surface area (TPSA) is 32.3 Å². The van der Waals surface area contributed by atoms with Crippen LogP contribution in [0.25, 0.3) is 16.3 Å². The van der Waals surface area contributed by atoms with Crippen LogP contribution in [0.4, 0.5) is 17.2 Å². The Bertz CT molecular complexity index is 2050. The number of anilines is 3. The highest BCUT2D eigenvalue weighted by Crippen LogP contribution is 2.59. The molecule has 0 saturated carbocycles. The summed E-state index contributed by atoms with van der Waals surface area (Å²) >= 11 is 0. The van der Waals surface area contributed by atoms with E-state index in [0.29, 0.717) is 0 Å². The van der Waals surface area contributed by atoms with Crippen LogP contribution in [0.5, 0.6) is 0 Å². The van der Waals surface area contributed by atoms with Gasteiger partial charge in [-0.2, -0.15) is 0 Å². The van der Waals surface area contributed by atoms with Crippen LogP contribution in [0.15, 0.2) is 139 Å². The molecule has 0 N–H and O–H groups in total. The first-order valence-electron chi connectivity index (χ1n) is 15.5. The first-order valence-corrected chi connectivity index (χ1v) is 15.5. The van der Waals surface area contributed by atoms with Gasteiger partial charge in [-0.1, -0.05) is 78.9 Å². The minimum Gasteiger partial charge on any atom is -0.317 e. The zero-order valence-corrected chi connectivity index (χ0v) is 24.3. The van der Waals surface area contributed by atoms with Gasteiger partial charge in [-0.05, 0) is 90.3 Å². The van der Waals surface area contributed by atoms with E-state index in [0.717, 1.165) is 48.3 Å². The Kier molecular flexibility index (Phi) is 5.77. The third-order valence-corrected chi connectivity index (χ3v) is 9.46. The average Bonchev–Trinajstić information content (AvgIpc) is 3.38. The summed E-state index contributed by atoms with van der Waals surface area (Å²) in [6, 6.07) is 37.0. The fourth-order valence-electron chi connectivity index (χ4n) is 7.58. The summed E-state index contributed by atoms with van der Waals surface area (Å²) in [5, 5.41) is 2.34. The Hall–Kier alpha value is -5.40. The van der Waals surface area contributed by atoms with Gasteiger partial charge in [0.25, 0.3) is 0 Å². The van der Waals surface area contributed by atoms with E-state index in [4.69, 9.17) is 9.97 Å². The van der Waals surface area contributed by atoms with Crippen LogP contribution in [0.1, 0.15) is 54.5 Å². The van der Waals surface area contributed by atoms with Gasteiger partial charge in [0.15, 0.2) is 0 Å². The van der Waals surface area contributed by atoms with Gasteiger partial charge in [-0.3, -0.25) is 4.98 Å². The quantitative estimate of drug-likeness (QED) is 0.218. The monoisotopic (exact) mass is 566 g/mol. The van der Waals surface area contributed by atoms with E-state index >= 15 is 0 Å². The molecule has 2 aliphatic carbocycles. The minimum atomic E-state index is 0.0168. The Morgan fingerprint density at radius 1 is 0.818 bits per heavy atom. The van der Waals surface area contributed by atoms with Gasteiger partial charge in [-0.25, -0.2) is 4.98 Å². The van der Waals surface area contributed by atoms with Gasteiger partial charge in [0.2, 0.25) is 0 Å². The number of nitrogens with zero attached hydrogens (tertiary/aromatic N) is 4. The molecule has 2 aromatic heterocycles. The molecule has 4 nitrogen and oxygen atoms in total. The molecule has 5 aromatic rings. The van der Waals surface area contributed by atoms with Crippen molar-refractivity contribution in [2.75, 3.05) is 9.80 Å². The summed E-state index contributed by atoms with van der Waals surface area (Å²) in [5.41, 5.74) is 11.2. The number of pyridine rings is 2. The van der Waals surface area contributed by atoms with E-state index < -0.39 is 0 Å². The second-order valence-corrected chi connectivity index (χ2v) is 11.9. The van der Waals surface area contributed by atoms with Gasteiger partial charge in [-0.15, -0.1) is 0 Å². The van der Waals surface area contributed by atoms with E-state index in [1.807, 2.05) is 24.5 Å². The van der Waals surface area contributed by atoms with E-state index in [1.54, 1.807) is 0 Å². The lowest BCUT2D eigenvalue weighted by Gasteiger charge is -2.34. The summed E-state index contributed by atoms with van der Waals surface area (Å²) in [7, 11) is 0. The maximum Gasteiger partial charge on any atom is 0.134 e. The molecular weight excluding hydrogens is 536 g/mol. The average molecular weight is 567 g/mol. The number of para-hydroxylation sites is 1. The Morgan fingerprint density at radius 2 is 1.70 bits per heavy atom. The highest BCUT2D eigenvalue weighted by atomic mass is 15.3. The third kappa shape index (κ3) is 3.86. The number of allylic oxidation sites excluding steroid dienone is 6. The molecule has 0 fully saturated rings. The molecule has 2 aliphatic heterocycles. The Morgan fingerprint density at radius 3 is 2.64 bits per heavy atom. The number of hydrogen-bond acceptors (Lipinski definition) is 4. The van der Waals surface area contributed by atoms with E-state index in [2.05, 4.69) is 119 Å². The normalized spacial score (nSPS) is 20.2. The van der Waals surface area contributed by atoms with E-state index in [1.165, 1.54) is 44.7 Å². The predicted octanol–water partition coefficient (Wildman–Crippen LogP) is 9.39. The van der Waals surface area contributed by atoms with Crippen LogP contribution in [0, 0.1) is 12.1 Å². The molecule has 2 atom stereocenters. The second kappa shape index (κ2) is 10.1. The lowest BCUT2D eigenvalue weighted by Crippen LogP contribution is -2.25. The lowest BCUT2D eigenvalue weighted by molar-refractivity contribution is 0.651. The van der Waals surface area contributed by atoms with Gasteiger partial charge in [0.1, 0.15) is 5.82 Å². The molecule has 44 heavy (non-hydrogen) atoms. The molecule has 4 heteroatoms. The minimum absolute atomic E-state index is 0.0168. The summed E-state index contributed by atoms with van der Waals surface area (Å²) in [4.78, 5) is 14.8. The maximum absolute atomic E-state index is 5.07. The Labute approximate surface area is 258 Å². The first-order chi connectivity index (χ1) is 21.8. The van der Waals surface area contributed by atoms with Crippen molar-refractivity contribution in [3.63, 3.8) is 0 Å². The summed E-state index contributed by atoms with van der Waals surface area (Å²) < 4.78 is 0. The zero-order valence-electron chi connectivity index (χ0n) is 24.3. The van der Waals surface area contributed by atoms with Crippen molar-refractivity contribution in [3.05, 3.63) is 168 Å². The zero-order chi connectivity index (χ0) is 29.0. The van der Waals surface area contributed by atoms with Crippen molar-refractivity contribution in [2.45, 2.75) is 37.6 Å². The van der Waals surface area contributed by atoms with Crippen LogP contribution < -0.4 is 9.80 Å². The number of rotatable bonds is 3. The van der Waals surface area contributed by atoms with Crippen LogP contribution in [0.2, 0.25) is 0 Å². The smallest absolute Gasteiger partial charge is 0.134 e. The second-order valence-electron chi connectivity index (χ2n) is 11.9. The molecule has 0 bridgehead atoms. The van der Waals surface area contributed by atoms with Crippen molar-refractivity contribution in [1.29, 1.82) is 0 Å². The summed E-state index contributed by atoms with van der Waals surface area (Å²) in [6.45, 7) is 0. The number of benzene rings is 2. The van der Waals surface area contributed by atoms with Crippen LogP contribution >= 0.6 is 0 Å². The fourth-order valence-corrected chi connectivity index (χ4v) is 7.58. The van der Waals surface area contributed by atoms with Crippen LogP contribution in [0.3, 0.4) is 0 Å². The van der Waals surface area contributed by atoms with Crippen molar-refractivity contribution < 1.29 is 0 Å². The lowest BCUT2D eigenvalue weighted by atomic mass is 9.82. The highest BCUT2D eigenvalue weighted by Gasteiger charge is 2.47. The predicted molar refractivity (Wildman–Crippen MR) is 177 cm³/mol. The molecule has 4 aliphatic rings. The van der Waals surface area contributed by atoms with E-state index in [9.17, 15) is 0 Å². The van der Waals surface area contributed by atoms with Gasteiger partial charge in [0.05, 0.1) is 23.1 Å². The highest BCUT2D eigenvalue weighted by molar-refractivity contribution is 5.87. The van der Waals surface area contributed by atoms with Crippen molar-refractivity contribution in [1.82, 2.24) is 9.97 Å². The largest absolute Gasteiger partial charge is 0.317 e. The Balaban J connectivity index is 1.28. The van der Waals surface area contributed by atoms with Crippen molar-refractivity contribution in [3.8, 4) is 0 Å². The molecule has 0 radical (unpaired) electrons. The van der Waals surface area contributed by atoms with Crippen LogP contribution in [-0.4, -0.2) is 9.97 Å². The van der Waals surface area contributed by atoms with Gasteiger partial charge in [0, 0.05) is 40.7 Å². The molecule has 0 saturated heterocycles. The fraction of sp³-hybridized carbons (Fsp3) is 0.150. The van der Waals surface area contributed by atoms with Crippen molar-refractivity contribution in [2.24, 2.45) is 0 Å². The van der Waals surface area contributed by atoms with Gasteiger partial charge >= 0.3 is 0 Å².